The summed E-state index contributed by atoms with van der Waals surface area (Å²) in [6, 6.07) is 3.88. The lowest BCUT2D eigenvalue weighted by atomic mass is 9.63. The van der Waals surface area contributed by atoms with Gasteiger partial charge in [0.05, 0.1) is 29.1 Å². The van der Waals surface area contributed by atoms with Crippen LogP contribution in [-0.4, -0.2) is 86.7 Å². The van der Waals surface area contributed by atoms with Crippen molar-refractivity contribution in [3.05, 3.63) is 33.4 Å². The maximum absolute atomic E-state index is 14.3. The average molecular weight is 708 g/mol. The zero-order chi connectivity index (χ0) is 35.7. The van der Waals surface area contributed by atoms with Gasteiger partial charge in [0, 0.05) is 23.0 Å². The van der Waals surface area contributed by atoms with E-state index < -0.39 is 28.8 Å². The number of ether oxygens (including phenoxy) is 3. The van der Waals surface area contributed by atoms with Gasteiger partial charge < -0.3 is 24.5 Å². The van der Waals surface area contributed by atoms with Crippen LogP contribution in [0.4, 0.5) is 14.2 Å². The van der Waals surface area contributed by atoms with E-state index in [0.29, 0.717) is 42.2 Å². The minimum absolute atomic E-state index is 0.131. The Morgan fingerprint density at radius 2 is 1.92 bits per heavy atom. The summed E-state index contributed by atoms with van der Waals surface area (Å²) in [6.07, 6.45) is 3.36. The van der Waals surface area contributed by atoms with Gasteiger partial charge in [-0.15, -0.1) is 11.3 Å². The van der Waals surface area contributed by atoms with Gasteiger partial charge in [-0.1, -0.05) is 5.16 Å². The first-order chi connectivity index (χ1) is 23.6. The molecule has 2 saturated heterocycles. The highest BCUT2D eigenvalue weighted by Gasteiger charge is 2.53. The highest BCUT2D eigenvalue weighted by atomic mass is 32.1. The van der Waals surface area contributed by atoms with E-state index in [1.165, 1.54) is 11.3 Å². The molecule has 4 aliphatic rings. The zero-order valence-electron chi connectivity index (χ0n) is 29.8. The number of carbonyl (C=O) groups excluding carboxylic acids is 1. The Hall–Kier alpha value is -3.96. The molecule has 3 aromatic rings. The number of aryl methyl sites for hydroxylation is 1. The zero-order valence-corrected chi connectivity index (χ0v) is 30.7. The van der Waals surface area contributed by atoms with Crippen molar-refractivity contribution in [3.8, 4) is 29.3 Å². The van der Waals surface area contributed by atoms with E-state index in [2.05, 4.69) is 11.2 Å². The summed E-state index contributed by atoms with van der Waals surface area (Å²) in [5.74, 6) is 1.57. The number of hydrogen-bond donors (Lipinski definition) is 1. The summed E-state index contributed by atoms with van der Waals surface area (Å²) in [4.78, 5) is 27.3. The van der Waals surface area contributed by atoms with E-state index in [0.717, 1.165) is 53.9 Å². The van der Waals surface area contributed by atoms with Crippen molar-refractivity contribution in [2.45, 2.75) is 127 Å². The first kappa shape index (κ1) is 34.5. The molecule has 1 amide bonds. The third-order valence-electron chi connectivity index (χ3n) is 10.9. The Morgan fingerprint density at radius 3 is 2.58 bits per heavy atom. The summed E-state index contributed by atoms with van der Waals surface area (Å²) in [5, 5.41) is 15.2. The minimum Gasteiger partial charge on any atom is -0.473 e. The number of likely N-dealkylation sites (N-methyl/N-ethyl adjacent to an activating group) is 1. The molecule has 0 radical (unpaired) electrons. The quantitative estimate of drug-likeness (QED) is 0.312. The molecule has 0 bridgehead atoms. The van der Waals surface area contributed by atoms with Crippen molar-refractivity contribution in [2.24, 2.45) is 0 Å². The first-order valence-corrected chi connectivity index (χ1v) is 18.3. The number of fused-ring (bicyclic) bond motifs is 4. The van der Waals surface area contributed by atoms with E-state index in [1.807, 2.05) is 53.5 Å². The highest BCUT2D eigenvalue weighted by Crippen LogP contribution is 2.55. The van der Waals surface area contributed by atoms with E-state index in [4.69, 9.17) is 34.4 Å². The number of hydrogen-bond acceptors (Lipinski definition) is 12. The van der Waals surface area contributed by atoms with Crippen molar-refractivity contribution in [1.29, 1.82) is 5.26 Å². The highest BCUT2D eigenvalue weighted by molar-refractivity contribution is 7.16. The summed E-state index contributed by atoms with van der Waals surface area (Å²) in [5.41, 5.74) is 7.49. The SMILES string of the molecule is C[C@H](Oc1cc(O[C@@H]2CN(C(=O)OC(C)(C)C)C2(C)C)nc(-c2noc3c2CCC[C@@]32CCCc3sc(N)c(C#N)c32)n1)[C@@H]1C[C@@H](F)CN1C. The Morgan fingerprint density at radius 1 is 1.20 bits per heavy atom. The van der Waals surface area contributed by atoms with Crippen LogP contribution in [0, 0.1) is 11.3 Å². The number of nitriles is 1. The molecule has 268 valence electrons. The number of anilines is 1. The molecule has 2 aliphatic carbocycles. The van der Waals surface area contributed by atoms with Gasteiger partial charge in [-0.2, -0.15) is 15.2 Å². The monoisotopic (exact) mass is 707 g/mol. The van der Waals surface area contributed by atoms with Crippen LogP contribution in [0.25, 0.3) is 11.5 Å². The van der Waals surface area contributed by atoms with Crippen LogP contribution in [-0.2, 0) is 23.0 Å². The van der Waals surface area contributed by atoms with Gasteiger partial charge in [-0.25, -0.2) is 9.18 Å². The molecule has 7 rings (SSSR count). The lowest BCUT2D eigenvalue weighted by Gasteiger charge is -2.53. The molecule has 5 heterocycles. The van der Waals surface area contributed by atoms with Crippen molar-refractivity contribution in [3.63, 3.8) is 0 Å². The number of halogens is 1. The number of aromatic nitrogens is 3. The molecule has 3 aromatic heterocycles. The van der Waals surface area contributed by atoms with Gasteiger partial charge in [0.25, 0.3) is 0 Å². The lowest BCUT2D eigenvalue weighted by Crippen LogP contribution is -2.71. The summed E-state index contributed by atoms with van der Waals surface area (Å²) >= 11 is 1.50. The van der Waals surface area contributed by atoms with Crippen LogP contribution < -0.4 is 15.2 Å². The predicted molar refractivity (Wildman–Crippen MR) is 185 cm³/mol. The number of carbonyl (C=O) groups is 1. The fourth-order valence-electron chi connectivity index (χ4n) is 8.27. The molecule has 14 heteroatoms. The number of amides is 1. The maximum atomic E-state index is 14.3. The number of nitrogens with zero attached hydrogens (tertiary/aromatic N) is 6. The molecule has 12 nitrogen and oxygen atoms in total. The fraction of sp³-hybridized carbons (Fsp3) is 0.639. The predicted octanol–water partition coefficient (Wildman–Crippen LogP) is 6.19. The van der Waals surface area contributed by atoms with Gasteiger partial charge in [0.1, 0.15) is 35.1 Å². The largest absolute Gasteiger partial charge is 0.473 e. The summed E-state index contributed by atoms with van der Waals surface area (Å²) < 4.78 is 39.0. The first-order valence-electron chi connectivity index (χ1n) is 17.5. The van der Waals surface area contributed by atoms with Crippen molar-refractivity contribution in [1.82, 2.24) is 24.9 Å². The molecular weight excluding hydrogens is 662 g/mol. The molecule has 50 heavy (non-hydrogen) atoms. The molecule has 2 N–H and O–H groups in total. The molecule has 0 saturated carbocycles. The topological polar surface area (TPSA) is 153 Å². The number of nitrogens with two attached hydrogens (primary N) is 1. The normalized spacial score (nSPS) is 26.5. The lowest BCUT2D eigenvalue weighted by molar-refractivity contribution is -0.103. The molecule has 0 aromatic carbocycles. The Kier molecular flexibility index (Phi) is 8.53. The van der Waals surface area contributed by atoms with Crippen LogP contribution in [0.3, 0.4) is 0 Å². The van der Waals surface area contributed by atoms with Gasteiger partial charge >= 0.3 is 6.09 Å². The third kappa shape index (κ3) is 5.86. The van der Waals surface area contributed by atoms with Gasteiger partial charge in [0.2, 0.25) is 11.8 Å². The number of nitrogen functional groups attached to an aromatic ring is 1. The van der Waals surface area contributed by atoms with Crippen LogP contribution in [0.5, 0.6) is 11.8 Å². The van der Waals surface area contributed by atoms with Crippen molar-refractivity contribution >= 4 is 22.4 Å². The molecule has 1 spiro atoms. The maximum Gasteiger partial charge on any atom is 0.410 e. The van der Waals surface area contributed by atoms with Crippen molar-refractivity contribution < 1.29 is 27.9 Å². The van der Waals surface area contributed by atoms with Crippen LogP contribution >= 0.6 is 11.3 Å². The van der Waals surface area contributed by atoms with E-state index in [-0.39, 0.29) is 35.8 Å². The number of alkyl halides is 1. The van der Waals surface area contributed by atoms with Crippen LogP contribution in [0.2, 0.25) is 0 Å². The molecule has 2 aliphatic heterocycles. The Labute approximate surface area is 296 Å². The number of rotatable bonds is 6. The van der Waals surface area contributed by atoms with E-state index in [1.54, 1.807) is 11.0 Å². The van der Waals surface area contributed by atoms with Crippen LogP contribution in [0.15, 0.2) is 10.6 Å². The standard InChI is InChI=1S/C36H46FN7O5S/c1-19(23-14-20(37)17-43(23)7)46-26-15-27(47-25-18-44(35(25,5)6)33(45)48-34(2,3)4)41-32(40-26)29-21-10-8-12-36(30(21)49-42-29)13-9-11-24-28(36)22(16-38)31(39)50-24/h15,19-20,23,25H,8-14,17-18,39H2,1-7H3/t19-,20+,23-,25+,36-/m0/s1. The second-order valence-corrected chi connectivity index (χ2v) is 16.9. The molecule has 0 unspecified atom stereocenters. The average Bonchev–Trinajstić information content (AvgIpc) is 3.72. The van der Waals surface area contributed by atoms with Crippen molar-refractivity contribution in [2.75, 3.05) is 25.9 Å². The number of likely N-dealkylation sites (tertiary alicyclic amines) is 2. The second-order valence-electron chi connectivity index (χ2n) is 15.8. The molecule has 5 atom stereocenters. The smallest absolute Gasteiger partial charge is 0.410 e. The molecule has 2 fully saturated rings. The minimum atomic E-state index is -0.918. The Balaban J connectivity index is 1.24. The fourth-order valence-corrected chi connectivity index (χ4v) is 9.43. The van der Waals surface area contributed by atoms with Gasteiger partial charge in [-0.05, 0) is 99.1 Å². The Bertz CT molecular complexity index is 1840. The molecular formula is C36H46FN7O5S. The van der Waals surface area contributed by atoms with E-state index >= 15 is 0 Å². The summed E-state index contributed by atoms with van der Waals surface area (Å²) in [6.45, 7) is 11.9. The second kappa shape index (κ2) is 12.4. The van der Waals surface area contributed by atoms with E-state index in [9.17, 15) is 14.4 Å². The van der Waals surface area contributed by atoms with Gasteiger partial charge in [-0.3, -0.25) is 9.80 Å². The summed E-state index contributed by atoms with van der Waals surface area (Å²) in [7, 11) is 1.90. The third-order valence-corrected chi connectivity index (χ3v) is 11.9. The van der Waals surface area contributed by atoms with Gasteiger partial charge in [0.15, 0.2) is 17.3 Å². The number of thiophene rings is 1. The van der Waals surface area contributed by atoms with Crippen LogP contribution in [0.1, 0.15) is 101 Å².